The van der Waals surface area contributed by atoms with E-state index in [4.69, 9.17) is 0 Å². The van der Waals surface area contributed by atoms with Crippen molar-refractivity contribution in [2.24, 2.45) is 16.7 Å². The maximum Gasteiger partial charge on any atom is 0.264 e. The largest absolute Gasteiger partial charge is 0.290 e. The van der Waals surface area contributed by atoms with Gasteiger partial charge < -0.3 is 0 Å². The third kappa shape index (κ3) is 1.81. The van der Waals surface area contributed by atoms with E-state index in [1.807, 2.05) is 34.6 Å². The van der Waals surface area contributed by atoms with Crippen LogP contribution in [0.25, 0.3) is 0 Å². The Labute approximate surface area is 116 Å². The van der Waals surface area contributed by atoms with Gasteiger partial charge in [-0.15, -0.1) is 0 Å². The van der Waals surface area contributed by atoms with E-state index in [9.17, 15) is 14.4 Å². The van der Waals surface area contributed by atoms with Crippen LogP contribution in [0.15, 0.2) is 0 Å². The lowest BCUT2D eigenvalue weighted by Gasteiger charge is -2.54. The molecule has 0 N–H and O–H groups in total. The van der Waals surface area contributed by atoms with Gasteiger partial charge in [-0.3, -0.25) is 14.4 Å². The molecule has 1 unspecified atom stereocenters. The van der Waals surface area contributed by atoms with Gasteiger partial charge in [0.1, 0.15) is 0 Å². The Morgan fingerprint density at radius 3 is 1.63 bits per heavy atom. The Morgan fingerprint density at radius 1 is 0.842 bits per heavy atom. The average Bonchev–Trinajstić information content (AvgIpc) is 2.45. The zero-order valence-corrected chi connectivity index (χ0v) is 12.8. The van der Waals surface area contributed by atoms with Crippen molar-refractivity contribution in [2.45, 2.75) is 66.7 Å². The maximum absolute atomic E-state index is 12.5. The zero-order valence-electron chi connectivity index (χ0n) is 12.8. The molecule has 0 aliphatic heterocycles. The third-order valence-corrected chi connectivity index (χ3v) is 5.68. The highest BCUT2D eigenvalue weighted by Gasteiger charge is 2.63. The summed E-state index contributed by atoms with van der Waals surface area (Å²) in [6.45, 7) is 9.97. The topological polar surface area (TPSA) is 51.2 Å². The number of ketones is 3. The normalized spacial score (nSPS) is 25.7. The highest BCUT2D eigenvalue weighted by molar-refractivity contribution is 6.66. The molecule has 0 bridgehead atoms. The van der Waals surface area contributed by atoms with E-state index in [0.29, 0.717) is 19.3 Å². The highest BCUT2D eigenvalue weighted by atomic mass is 16.2. The molecule has 1 saturated carbocycles. The molecular formula is C16H26O3. The Morgan fingerprint density at radius 2 is 1.32 bits per heavy atom. The molecule has 0 spiro atoms. The number of rotatable bonds is 5. The highest BCUT2D eigenvalue weighted by Crippen LogP contribution is 2.58. The molecule has 3 heteroatoms. The molecule has 0 radical (unpaired) electrons. The molecule has 1 fully saturated rings. The second-order valence-corrected chi connectivity index (χ2v) is 5.64. The van der Waals surface area contributed by atoms with Crippen LogP contribution in [0.1, 0.15) is 66.7 Å². The van der Waals surface area contributed by atoms with Gasteiger partial charge in [0, 0.05) is 11.3 Å². The van der Waals surface area contributed by atoms with Crippen LogP contribution in [0.4, 0.5) is 0 Å². The molecular weight excluding hydrogens is 240 g/mol. The van der Waals surface area contributed by atoms with Crippen LogP contribution in [0, 0.1) is 16.7 Å². The van der Waals surface area contributed by atoms with E-state index in [-0.39, 0.29) is 11.3 Å². The number of carbonyl (C=O) groups excluding carboxylic acids is 3. The van der Waals surface area contributed by atoms with Crippen LogP contribution in [0.5, 0.6) is 0 Å². The number of hydrogen-bond donors (Lipinski definition) is 0. The monoisotopic (exact) mass is 266 g/mol. The lowest BCUT2D eigenvalue weighted by Crippen LogP contribution is -2.61. The van der Waals surface area contributed by atoms with Crippen molar-refractivity contribution in [1.29, 1.82) is 0 Å². The standard InChI is InChI=1S/C16H26O3/c1-6-11-12(17)13(18)14(19)16(9-4,10-5)15(11,7-2)8-3/h11H,6-10H2,1-5H3. The molecule has 108 valence electrons. The average molecular weight is 266 g/mol. The van der Waals surface area contributed by atoms with Crippen molar-refractivity contribution in [3.63, 3.8) is 0 Å². The summed E-state index contributed by atoms with van der Waals surface area (Å²) in [6.07, 6.45) is 3.46. The smallest absolute Gasteiger partial charge is 0.264 e. The minimum atomic E-state index is -0.756. The van der Waals surface area contributed by atoms with Gasteiger partial charge in [-0.1, -0.05) is 34.6 Å². The number of hydrogen-bond acceptors (Lipinski definition) is 3. The first-order chi connectivity index (χ1) is 8.92. The fourth-order valence-corrected chi connectivity index (χ4v) is 4.57. The maximum atomic E-state index is 12.5. The molecule has 1 atom stereocenters. The Hall–Kier alpha value is -0.990. The van der Waals surface area contributed by atoms with Crippen molar-refractivity contribution >= 4 is 17.3 Å². The molecule has 1 aliphatic rings. The molecule has 0 aromatic heterocycles. The molecule has 0 heterocycles. The lowest BCUT2D eigenvalue weighted by molar-refractivity contribution is -0.169. The Bertz CT molecular complexity index is 387. The van der Waals surface area contributed by atoms with Crippen LogP contribution >= 0.6 is 0 Å². The van der Waals surface area contributed by atoms with Crippen molar-refractivity contribution in [2.75, 3.05) is 0 Å². The van der Waals surface area contributed by atoms with Gasteiger partial charge in [0.05, 0.1) is 0 Å². The third-order valence-electron chi connectivity index (χ3n) is 5.68. The van der Waals surface area contributed by atoms with Crippen molar-refractivity contribution in [3.05, 3.63) is 0 Å². The van der Waals surface area contributed by atoms with Crippen LogP contribution < -0.4 is 0 Å². The van der Waals surface area contributed by atoms with E-state index < -0.39 is 22.8 Å². The number of Topliss-reactive ketones (excluding diaryl/α,β-unsaturated/α-hetero) is 3. The van der Waals surface area contributed by atoms with Gasteiger partial charge in [0.2, 0.25) is 11.6 Å². The van der Waals surface area contributed by atoms with E-state index in [1.165, 1.54) is 0 Å². The summed E-state index contributed by atoms with van der Waals surface area (Å²) in [6, 6.07) is 0. The molecule has 3 nitrogen and oxygen atoms in total. The van der Waals surface area contributed by atoms with E-state index in [2.05, 4.69) is 0 Å². The number of carbonyl (C=O) groups is 3. The quantitative estimate of drug-likeness (QED) is 0.717. The Balaban J connectivity index is 3.59. The van der Waals surface area contributed by atoms with Gasteiger partial charge in [-0.25, -0.2) is 0 Å². The fourth-order valence-electron chi connectivity index (χ4n) is 4.57. The van der Waals surface area contributed by atoms with E-state index >= 15 is 0 Å². The molecule has 0 aromatic carbocycles. The first-order valence-electron chi connectivity index (χ1n) is 7.55. The first-order valence-corrected chi connectivity index (χ1v) is 7.55. The van der Waals surface area contributed by atoms with Crippen LogP contribution in [-0.4, -0.2) is 17.3 Å². The summed E-state index contributed by atoms with van der Waals surface area (Å²) >= 11 is 0. The zero-order chi connectivity index (χ0) is 14.8. The van der Waals surface area contributed by atoms with Gasteiger partial charge in [-0.05, 0) is 37.5 Å². The molecule has 1 aliphatic carbocycles. The molecule has 0 saturated heterocycles. The minimum Gasteiger partial charge on any atom is -0.290 e. The fraction of sp³-hybridized carbons (Fsp3) is 0.812. The molecule has 0 amide bonds. The summed E-state index contributed by atoms with van der Waals surface area (Å²) in [5.41, 5.74) is -1.00. The summed E-state index contributed by atoms with van der Waals surface area (Å²) < 4.78 is 0. The van der Waals surface area contributed by atoms with Crippen LogP contribution in [-0.2, 0) is 14.4 Å². The molecule has 19 heavy (non-hydrogen) atoms. The minimum absolute atomic E-state index is 0.299. The SMILES string of the molecule is CCC1C(=O)C(=O)C(=O)C(CC)(CC)C1(CC)CC. The summed E-state index contributed by atoms with van der Waals surface area (Å²) in [5, 5.41) is 0. The van der Waals surface area contributed by atoms with Gasteiger partial charge >= 0.3 is 0 Å². The van der Waals surface area contributed by atoms with Crippen LogP contribution in [0.2, 0.25) is 0 Å². The van der Waals surface area contributed by atoms with Crippen LogP contribution in [0.3, 0.4) is 0 Å². The van der Waals surface area contributed by atoms with E-state index in [0.717, 1.165) is 12.8 Å². The van der Waals surface area contributed by atoms with Gasteiger partial charge in [0.25, 0.3) is 5.78 Å². The summed E-state index contributed by atoms with van der Waals surface area (Å²) in [5.74, 6) is -1.94. The van der Waals surface area contributed by atoms with Crippen molar-refractivity contribution in [3.8, 4) is 0 Å². The molecule has 0 aromatic rings. The second kappa shape index (κ2) is 5.56. The van der Waals surface area contributed by atoms with Crippen molar-refractivity contribution < 1.29 is 14.4 Å². The second-order valence-electron chi connectivity index (χ2n) is 5.64. The summed E-state index contributed by atoms with van der Waals surface area (Å²) in [7, 11) is 0. The van der Waals surface area contributed by atoms with E-state index in [1.54, 1.807) is 0 Å². The predicted molar refractivity (Wildman–Crippen MR) is 74.8 cm³/mol. The summed E-state index contributed by atoms with van der Waals surface area (Å²) in [4.78, 5) is 36.8. The first kappa shape index (κ1) is 16.1. The molecule has 1 rings (SSSR count). The van der Waals surface area contributed by atoms with Gasteiger partial charge in [-0.2, -0.15) is 0 Å². The predicted octanol–water partition coefficient (Wildman–Crippen LogP) is 3.35. The lowest BCUT2D eigenvalue weighted by atomic mass is 9.46. The van der Waals surface area contributed by atoms with Crippen molar-refractivity contribution in [1.82, 2.24) is 0 Å². The Kier molecular flexibility index (Phi) is 4.70. The van der Waals surface area contributed by atoms with Gasteiger partial charge in [0.15, 0.2) is 0 Å².